The van der Waals surface area contributed by atoms with Gasteiger partial charge in [-0.15, -0.1) is 0 Å². The Kier molecular flexibility index (Phi) is 9.59. The molecule has 4 heterocycles. The number of halogens is 1. The summed E-state index contributed by atoms with van der Waals surface area (Å²) in [5, 5.41) is 15.1. The van der Waals surface area contributed by atoms with Crippen molar-refractivity contribution in [2.24, 2.45) is 4.99 Å². The monoisotopic (exact) mass is 583 g/mol. The maximum atomic E-state index is 12.3. The van der Waals surface area contributed by atoms with Gasteiger partial charge in [0.15, 0.2) is 22.5 Å². The predicted octanol–water partition coefficient (Wildman–Crippen LogP) is 1.66. The zero-order valence-corrected chi connectivity index (χ0v) is 24.8. The number of amidine groups is 1. The standard InChI is InChI=1S/C29H42ClN9O2/c1-3-21-18-38(28-25(30)35-24(26(31)36-28)29(41)34-10-15-40)13-14-39(21)22-6-11-37(12-7-22)17-20-5-4-19(2)16-23(20)27-32-8-9-33-27/h4-5,16,21-22,40H,3,6-15,17-18H2,1-2H3,(H2,31,36)(H,32,33)(H,34,41)/t21-/m0/s1. The maximum absolute atomic E-state index is 12.3. The van der Waals surface area contributed by atoms with Gasteiger partial charge in [0.1, 0.15) is 5.84 Å². The van der Waals surface area contributed by atoms with Crippen molar-refractivity contribution in [3.8, 4) is 0 Å². The van der Waals surface area contributed by atoms with Crippen molar-refractivity contribution in [2.45, 2.75) is 51.7 Å². The molecule has 3 aliphatic heterocycles. The SMILES string of the molecule is CC[C@H]1CN(c2nc(N)c(C(=O)NCCO)nc2Cl)CCN1C1CCN(Cc2ccc(C)cc2C2=NCCN2)CC1. The third kappa shape index (κ3) is 6.74. The molecule has 5 N–H and O–H groups in total. The number of hydrogen-bond acceptors (Lipinski definition) is 10. The molecule has 3 aliphatic rings. The quantitative estimate of drug-likeness (QED) is 0.347. The number of nitrogen functional groups attached to an aromatic ring is 1. The Morgan fingerprint density at radius 3 is 2.73 bits per heavy atom. The zero-order chi connectivity index (χ0) is 28.9. The molecule has 1 aromatic carbocycles. The predicted molar refractivity (Wildman–Crippen MR) is 163 cm³/mol. The summed E-state index contributed by atoms with van der Waals surface area (Å²) in [6.45, 7) is 11.6. The van der Waals surface area contributed by atoms with Gasteiger partial charge in [-0.2, -0.15) is 0 Å². The summed E-state index contributed by atoms with van der Waals surface area (Å²) in [6.07, 6.45) is 3.30. The summed E-state index contributed by atoms with van der Waals surface area (Å²) < 4.78 is 0. The Morgan fingerprint density at radius 1 is 1.22 bits per heavy atom. The second-order valence-electron chi connectivity index (χ2n) is 11.1. The molecule has 2 fully saturated rings. The van der Waals surface area contributed by atoms with Gasteiger partial charge < -0.3 is 26.4 Å². The first-order chi connectivity index (χ1) is 19.9. The van der Waals surface area contributed by atoms with Crippen LogP contribution in [0.15, 0.2) is 23.2 Å². The number of aromatic nitrogens is 2. The second kappa shape index (κ2) is 13.3. The van der Waals surface area contributed by atoms with E-state index in [0.29, 0.717) is 17.9 Å². The average Bonchev–Trinajstić information content (AvgIpc) is 3.53. The highest BCUT2D eigenvalue weighted by atomic mass is 35.5. The summed E-state index contributed by atoms with van der Waals surface area (Å²) in [5.41, 5.74) is 9.92. The number of aliphatic imine (C=N–C) groups is 1. The summed E-state index contributed by atoms with van der Waals surface area (Å²) in [6, 6.07) is 7.63. The zero-order valence-electron chi connectivity index (χ0n) is 24.1. The highest BCUT2D eigenvalue weighted by Crippen LogP contribution is 2.30. The molecule has 0 unspecified atom stereocenters. The molecule has 1 aromatic heterocycles. The van der Waals surface area contributed by atoms with E-state index < -0.39 is 5.91 Å². The second-order valence-corrected chi connectivity index (χ2v) is 11.5. The van der Waals surface area contributed by atoms with Crippen LogP contribution in [0.3, 0.4) is 0 Å². The van der Waals surface area contributed by atoms with Crippen molar-refractivity contribution >= 4 is 35.0 Å². The van der Waals surface area contributed by atoms with Gasteiger partial charge in [-0.1, -0.05) is 36.2 Å². The largest absolute Gasteiger partial charge is 0.395 e. The van der Waals surface area contributed by atoms with Crippen molar-refractivity contribution < 1.29 is 9.90 Å². The number of hydrogen-bond donors (Lipinski definition) is 4. The average molecular weight is 584 g/mol. The molecule has 1 atom stereocenters. The lowest BCUT2D eigenvalue weighted by atomic mass is 9.97. The van der Waals surface area contributed by atoms with E-state index in [2.05, 4.69) is 72.3 Å². The number of likely N-dealkylation sites (tertiary alicyclic amines) is 1. The number of aliphatic hydroxyl groups is 1. The van der Waals surface area contributed by atoms with Crippen molar-refractivity contribution in [2.75, 3.05) is 69.6 Å². The number of nitrogens with two attached hydrogens (primary N) is 1. The molecule has 12 heteroatoms. The van der Waals surface area contributed by atoms with Crippen LogP contribution in [-0.2, 0) is 6.54 Å². The first-order valence-electron chi connectivity index (χ1n) is 14.7. The first kappa shape index (κ1) is 29.5. The highest BCUT2D eigenvalue weighted by molar-refractivity contribution is 6.32. The number of carbonyl (C=O) groups excluding carboxylic acids is 1. The lowest BCUT2D eigenvalue weighted by molar-refractivity contribution is 0.0610. The number of aryl methyl sites for hydroxylation is 1. The number of piperazine rings is 1. The van der Waals surface area contributed by atoms with Crippen LogP contribution in [0.4, 0.5) is 11.6 Å². The smallest absolute Gasteiger partial charge is 0.273 e. The maximum Gasteiger partial charge on any atom is 0.273 e. The number of piperidine rings is 1. The van der Waals surface area contributed by atoms with Gasteiger partial charge in [0.25, 0.3) is 5.91 Å². The van der Waals surface area contributed by atoms with Crippen molar-refractivity contribution in [1.29, 1.82) is 0 Å². The van der Waals surface area contributed by atoms with E-state index in [0.717, 1.165) is 77.5 Å². The van der Waals surface area contributed by atoms with E-state index in [1.54, 1.807) is 0 Å². The van der Waals surface area contributed by atoms with Gasteiger partial charge in [-0.25, -0.2) is 9.97 Å². The molecule has 0 aliphatic carbocycles. The van der Waals surface area contributed by atoms with Gasteiger partial charge >= 0.3 is 0 Å². The minimum atomic E-state index is -0.498. The molecule has 2 saturated heterocycles. The topological polar surface area (TPSA) is 135 Å². The van der Waals surface area contributed by atoms with Gasteiger partial charge in [0.2, 0.25) is 0 Å². The molecule has 222 valence electrons. The van der Waals surface area contributed by atoms with Gasteiger partial charge in [-0.3, -0.25) is 19.6 Å². The molecule has 2 aromatic rings. The van der Waals surface area contributed by atoms with E-state index in [1.807, 2.05) is 0 Å². The van der Waals surface area contributed by atoms with E-state index in [1.165, 1.54) is 16.7 Å². The summed E-state index contributed by atoms with van der Waals surface area (Å²) in [7, 11) is 0. The van der Waals surface area contributed by atoms with E-state index >= 15 is 0 Å². The fourth-order valence-corrected chi connectivity index (χ4v) is 6.47. The minimum absolute atomic E-state index is 0.0186. The van der Waals surface area contributed by atoms with Crippen molar-refractivity contribution in [1.82, 2.24) is 30.4 Å². The number of carbonyl (C=O) groups is 1. The summed E-state index contributed by atoms with van der Waals surface area (Å²) in [4.78, 5) is 33.1. The third-order valence-corrected chi connectivity index (χ3v) is 8.64. The first-order valence-corrected chi connectivity index (χ1v) is 15.1. The van der Waals surface area contributed by atoms with Crippen molar-refractivity contribution in [3.05, 3.63) is 45.7 Å². The van der Waals surface area contributed by atoms with Crippen LogP contribution >= 0.6 is 11.6 Å². The number of aliphatic hydroxyl groups excluding tert-OH is 1. The third-order valence-electron chi connectivity index (χ3n) is 8.39. The van der Waals surface area contributed by atoms with E-state index in [4.69, 9.17) is 22.4 Å². The Balaban J connectivity index is 1.19. The van der Waals surface area contributed by atoms with Crippen LogP contribution in [0.25, 0.3) is 0 Å². The van der Waals surface area contributed by atoms with Crippen molar-refractivity contribution in [3.63, 3.8) is 0 Å². The number of benzene rings is 1. The van der Waals surface area contributed by atoms with Crippen LogP contribution in [-0.4, -0.2) is 108 Å². The molecule has 1 amide bonds. The summed E-state index contributed by atoms with van der Waals surface area (Å²) in [5.74, 6) is 1.09. The number of amides is 1. The molecule has 0 radical (unpaired) electrons. The van der Waals surface area contributed by atoms with Gasteiger partial charge in [0, 0.05) is 56.9 Å². The lowest BCUT2D eigenvalue weighted by Gasteiger charge is -2.47. The van der Waals surface area contributed by atoms with E-state index in [-0.39, 0.29) is 29.8 Å². The molecular weight excluding hydrogens is 542 g/mol. The number of nitrogens with zero attached hydrogens (tertiary/aromatic N) is 6. The molecule has 0 spiro atoms. The Morgan fingerprint density at radius 2 is 2.02 bits per heavy atom. The number of nitrogens with one attached hydrogen (secondary N) is 2. The Bertz CT molecular complexity index is 1270. The van der Waals surface area contributed by atoms with Crippen LogP contribution in [0.2, 0.25) is 5.15 Å². The molecule has 11 nitrogen and oxygen atoms in total. The minimum Gasteiger partial charge on any atom is -0.395 e. The van der Waals surface area contributed by atoms with Crippen LogP contribution < -0.4 is 21.3 Å². The Hall–Kier alpha value is -2.99. The Labute approximate surface area is 247 Å². The van der Waals surface area contributed by atoms with Crippen LogP contribution in [0.5, 0.6) is 0 Å². The summed E-state index contributed by atoms with van der Waals surface area (Å²) >= 11 is 6.50. The number of rotatable bonds is 9. The highest BCUT2D eigenvalue weighted by Gasteiger charge is 2.34. The molecular formula is C29H42ClN9O2. The molecule has 0 saturated carbocycles. The molecule has 0 bridgehead atoms. The molecule has 5 rings (SSSR count). The van der Waals surface area contributed by atoms with Crippen LogP contribution in [0, 0.1) is 6.92 Å². The number of anilines is 2. The normalized spacial score (nSPS) is 20.6. The fourth-order valence-electron chi connectivity index (χ4n) is 6.22. The van der Waals surface area contributed by atoms with E-state index in [9.17, 15) is 4.79 Å². The van der Waals surface area contributed by atoms with Gasteiger partial charge in [0.05, 0.1) is 13.2 Å². The lowest BCUT2D eigenvalue weighted by Crippen LogP contribution is -2.58. The van der Waals surface area contributed by atoms with Crippen LogP contribution in [0.1, 0.15) is 53.4 Å². The van der Waals surface area contributed by atoms with Gasteiger partial charge in [-0.05, 0) is 50.9 Å². The molecule has 41 heavy (non-hydrogen) atoms. The fraction of sp³-hybridized carbons (Fsp3) is 0.586.